The molecule has 112 valence electrons. The van der Waals surface area contributed by atoms with Crippen LogP contribution in [0.15, 0.2) is 4.99 Å². The van der Waals surface area contributed by atoms with E-state index in [1.54, 1.807) is 0 Å². The van der Waals surface area contributed by atoms with Gasteiger partial charge in [0.1, 0.15) is 0 Å². The first kappa shape index (κ1) is 16.2. The van der Waals surface area contributed by atoms with Crippen LogP contribution in [-0.4, -0.2) is 63.8 Å². The van der Waals surface area contributed by atoms with Crippen LogP contribution < -0.4 is 10.6 Å². The molecular weight excluding hydrogens is 240 g/mol. The number of ether oxygens (including phenoxy) is 1. The largest absolute Gasteiger partial charge is 0.379 e. The number of rotatable bonds is 7. The van der Waals surface area contributed by atoms with Crippen molar-refractivity contribution in [1.82, 2.24) is 15.5 Å². The summed E-state index contributed by atoms with van der Waals surface area (Å²) in [5.41, 5.74) is 0. The van der Waals surface area contributed by atoms with E-state index >= 15 is 0 Å². The van der Waals surface area contributed by atoms with Crippen molar-refractivity contribution in [2.75, 3.05) is 53.0 Å². The maximum atomic E-state index is 5.37. The number of nitrogens with one attached hydrogen (secondary N) is 2. The van der Waals surface area contributed by atoms with Gasteiger partial charge in [0.15, 0.2) is 5.96 Å². The predicted molar refractivity (Wildman–Crippen MR) is 80.7 cm³/mol. The maximum Gasteiger partial charge on any atom is 0.190 e. The van der Waals surface area contributed by atoms with Crippen LogP contribution in [0.3, 0.4) is 0 Å². The maximum absolute atomic E-state index is 5.37. The summed E-state index contributed by atoms with van der Waals surface area (Å²) in [4.78, 5) is 6.71. The second kappa shape index (κ2) is 10.0. The molecule has 0 aliphatic carbocycles. The quantitative estimate of drug-likeness (QED) is 0.410. The van der Waals surface area contributed by atoms with Crippen LogP contribution in [0.1, 0.15) is 26.7 Å². The summed E-state index contributed by atoms with van der Waals surface area (Å²) in [5, 5.41) is 6.73. The predicted octanol–water partition coefficient (Wildman–Crippen LogP) is 0.920. The van der Waals surface area contributed by atoms with Crippen molar-refractivity contribution in [2.45, 2.75) is 26.7 Å². The van der Waals surface area contributed by atoms with Crippen molar-refractivity contribution in [3.63, 3.8) is 0 Å². The first-order valence-electron chi connectivity index (χ1n) is 7.50. The van der Waals surface area contributed by atoms with E-state index in [9.17, 15) is 0 Å². The Morgan fingerprint density at radius 1 is 1.32 bits per heavy atom. The Morgan fingerprint density at radius 2 is 2.05 bits per heavy atom. The number of morpholine rings is 1. The lowest BCUT2D eigenvalue weighted by Crippen LogP contribution is -2.44. The summed E-state index contributed by atoms with van der Waals surface area (Å²) >= 11 is 0. The van der Waals surface area contributed by atoms with Crippen molar-refractivity contribution < 1.29 is 4.74 Å². The van der Waals surface area contributed by atoms with Crippen molar-refractivity contribution in [1.29, 1.82) is 0 Å². The molecule has 1 aliphatic rings. The van der Waals surface area contributed by atoms with Crippen LogP contribution in [-0.2, 0) is 4.74 Å². The van der Waals surface area contributed by atoms with E-state index in [1.165, 1.54) is 12.8 Å². The fourth-order valence-corrected chi connectivity index (χ4v) is 2.16. The lowest BCUT2D eigenvalue weighted by molar-refractivity contribution is 0.0320. The normalized spacial score (nSPS) is 19.2. The fourth-order valence-electron chi connectivity index (χ4n) is 2.16. The van der Waals surface area contributed by atoms with Gasteiger partial charge in [-0.3, -0.25) is 9.89 Å². The van der Waals surface area contributed by atoms with Gasteiger partial charge in [-0.05, 0) is 12.3 Å². The van der Waals surface area contributed by atoms with E-state index in [1.807, 2.05) is 7.05 Å². The van der Waals surface area contributed by atoms with Crippen LogP contribution in [0.5, 0.6) is 0 Å². The minimum Gasteiger partial charge on any atom is -0.379 e. The molecule has 0 aromatic carbocycles. The molecule has 1 aliphatic heterocycles. The highest BCUT2D eigenvalue weighted by Crippen LogP contribution is 2.02. The summed E-state index contributed by atoms with van der Waals surface area (Å²) in [5.74, 6) is 1.53. The minimum atomic E-state index is 0.614. The van der Waals surface area contributed by atoms with Gasteiger partial charge in [-0.2, -0.15) is 0 Å². The molecule has 5 heteroatoms. The first-order valence-corrected chi connectivity index (χ1v) is 7.50. The number of nitrogens with zero attached hydrogens (tertiary/aromatic N) is 2. The monoisotopic (exact) mass is 270 g/mol. The molecule has 0 saturated carbocycles. The fraction of sp³-hybridized carbons (Fsp3) is 0.929. The average molecular weight is 270 g/mol. The SMILES string of the molecule is CCCCNC(=NC)NCC(C)CN1CCOCC1. The van der Waals surface area contributed by atoms with E-state index in [0.717, 1.165) is 51.9 Å². The highest BCUT2D eigenvalue weighted by atomic mass is 16.5. The van der Waals surface area contributed by atoms with E-state index in [0.29, 0.717) is 5.92 Å². The molecule has 0 bridgehead atoms. The molecule has 0 amide bonds. The Bertz CT molecular complexity index is 252. The molecule has 1 fully saturated rings. The van der Waals surface area contributed by atoms with E-state index < -0.39 is 0 Å². The minimum absolute atomic E-state index is 0.614. The Morgan fingerprint density at radius 3 is 2.68 bits per heavy atom. The van der Waals surface area contributed by atoms with Crippen LogP contribution in [0, 0.1) is 5.92 Å². The Hall–Kier alpha value is -0.810. The Balaban J connectivity index is 2.14. The van der Waals surface area contributed by atoms with Crippen LogP contribution >= 0.6 is 0 Å². The van der Waals surface area contributed by atoms with E-state index in [-0.39, 0.29) is 0 Å². The van der Waals surface area contributed by atoms with Gasteiger partial charge in [-0.1, -0.05) is 20.3 Å². The van der Waals surface area contributed by atoms with Gasteiger partial charge in [0.2, 0.25) is 0 Å². The van der Waals surface area contributed by atoms with Crippen LogP contribution in [0.4, 0.5) is 0 Å². The second-order valence-corrected chi connectivity index (χ2v) is 5.25. The second-order valence-electron chi connectivity index (χ2n) is 5.25. The molecule has 0 spiro atoms. The van der Waals surface area contributed by atoms with Crippen LogP contribution in [0.2, 0.25) is 0 Å². The molecule has 1 heterocycles. The lowest BCUT2D eigenvalue weighted by atomic mass is 10.1. The number of hydrogen-bond acceptors (Lipinski definition) is 3. The van der Waals surface area contributed by atoms with Gasteiger partial charge in [0.05, 0.1) is 13.2 Å². The molecule has 19 heavy (non-hydrogen) atoms. The number of guanidine groups is 1. The summed E-state index contributed by atoms with van der Waals surface area (Å²) < 4.78 is 5.37. The van der Waals surface area contributed by atoms with Crippen molar-refractivity contribution in [2.24, 2.45) is 10.9 Å². The van der Waals surface area contributed by atoms with Gasteiger partial charge in [0, 0.05) is 39.8 Å². The number of hydrogen-bond donors (Lipinski definition) is 2. The topological polar surface area (TPSA) is 48.9 Å². The summed E-state index contributed by atoms with van der Waals surface area (Å²) in [6, 6.07) is 0. The average Bonchev–Trinajstić information content (AvgIpc) is 2.44. The van der Waals surface area contributed by atoms with Gasteiger partial charge in [0.25, 0.3) is 0 Å². The smallest absolute Gasteiger partial charge is 0.190 e. The zero-order valence-corrected chi connectivity index (χ0v) is 12.7. The highest BCUT2D eigenvalue weighted by Gasteiger charge is 2.13. The molecular formula is C14H30N4O. The van der Waals surface area contributed by atoms with Crippen molar-refractivity contribution in [3.05, 3.63) is 0 Å². The van der Waals surface area contributed by atoms with E-state index in [4.69, 9.17) is 4.74 Å². The van der Waals surface area contributed by atoms with Gasteiger partial charge >= 0.3 is 0 Å². The third kappa shape index (κ3) is 7.38. The lowest BCUT2D eigenvalue weighted by Gasteiger charge is -2.29. The molecule has 1 atom stereocenters. The van der Waals surface area contributed by atoms with Gasteiger partial charge in [-0.15, -0.1) is 0 Å². The summed E-state index contributed by atoms with van der Waals surface area (Å²) in [6.45, 7) is 11.4. The number of unbranched alkanes of at least 4 members (excludes halogenated alkanes) is 1. The molecule has 0 aromatic heterocycles. The third-order valence-electron chi connectivity index (χ3n) is 3.34. The summed E-state index contributed by atoms with van der Waals surface area (Å²) in [6.07, 6.45) is 2.39. The molecule has 5 nitrogen and oxygen atoms in total. The van der Waals surface area contributed by atoms with Crippen molar-refractivity contribution in [3.8, 4) is 0 Å². The number of aliphatic imine (C=N–C) groups is 1. The zero-order valence-electron chi connectivity index (χ0n) is 12.7. The van der Waals surface area contributed by atoms with Gasteiger partial charge in [-0.25, -0.2) is 0 Å². The molecule has 0 radical (unpaired) electrons. The van der Waals surface area contributed by atoms with E-state index in [2.05, 4.69) is 34.4 Å². The third-order valence-corrected chi connectivity index (χ3v) is 3.34. The zero-order chi connectivity index (χ0) is 13.9. The first-order chi connectivity index (χ1) is 9.26. The molecule has 0 aromatic rings. The molecule has 2 N–H and O–H groups in total. The highest BCUT2D eigenvalue weighted by molar-refractivity contribution is 5.79. The summed E-state index contributed by atoms with van der Waals surface area (Å²) in [7, 11) is 1.83. The Kier molecular flexibility index (Phi) is 8.58. The van der Waals surface area contributed by atoms with Crippen LogP contribution in [0.25, 0.3) is 0 Å². The molecule has 1 unspecified atom stereocenters. The molecule has 1 rings (SSSR count). The standard InChI is InChI=1S/C14H30N4O/c1-4-5-6-16-14(15-3)17-11-13(2)12-18-7-9-19-10-8-18/h13H,4-12H2,1-3H3,(H2,15,16,17). The van der Waals surface area contributed by atoms with Gasteiger partial charge < -0.3 is 15.4 Å². The van der Waals surface area contributed by atoms with Crippen molar-refractivity contribution >= 4 is 5.96 Å². The molecule has 1 saturated heterocycles. The Labute approximate surface area is 117 Å².